The number of nitrogens with zero attached hydrogens (tertiary/aromatic N) is 3. The predicted molar refractivity (Wildman–Crippen MR) is 77.0 cm³/mol. The summed E-state index contributed by atoms with van der Waals surface area (Å²) in [6.45, 7) is 5.35. The third-order valence-electron chi connectivity index (χ3n) is 3.00. The number of aromatic carboxylic acids is 1. The van der Waals surface area contributed by atoms with Crippen LogP contribution in [-0.2, 0) is 9.53 Å². The lowest BCUT2D eigenvalue weighted by atomic mass is 10.2. The van der Waals surface area contributed by atoms with Gasteiger partial charge in [0.25, 0.3) is 0 Å². The SMILES string of the molecule is CCOC(=O)[C@H](C)N(CC)c1ncc(C(=O)O)cc1[N+](=O)[O-]. The molecule has 1 rings (SSSR count). The number of carboxylic acids is 1. The Morgan fingerprint density at radius 2 is 2.14 bits per heavy atom. The fourth-order valence-electron chi connectivity index (χ4n) is 1.92. The molecule has 0 radical (unpaired) electrons. The van der Waals surface area contributed by atoms with Crippen LogP contribution >= 0.6 is 0 Å². The highest BCUT2D eigenvalue weighted by atomic mass is 16.6. The zero-order valence-electron chi connectivity index (χ0n) is 12.5. The molecule has 9 heteroatoms. The molecule has 0 amide bonds. The molecule has 1 aromatic rings. The monoisotopic (exact) mass is 311 g/mol. The molecule has 9 nitrogen and oxygen atoms in total. The number of carboxylic acid groups (broad SMARTS) is 1. The fourth-order valence-corrected chi connectivity index (χ4v) is 1.92. The molecule has 0 fully saturated rings. The van der Waals surface area contributed by atoms with E-state index in [0.29, 0.717) is 0 Å². The summed E-state index contributed by atoms with van der Waals surface area (Å²) in [5.41, 5.74) is -0.770. The quantitative estimate of drug-likeness (QED) is 0.456. The van der Waals surface area contributed by atoms with Gasteiger partial charge < -0.3 is 14.7 Å². The highest BCUT2D eigenvalue weighted by molar-refractivity contribution is 5.89. The second-order valence-electron chi connectivity index (χ2n) is 4.34. The summed E-state index contributed by atoms with van der Waals surface area (Å²) in [6, 6.07) is 0.136. The first-order chi connectivity index (χ1) is 10.3. The van der Waals surface area contributed by atoms with Gasteiger partial charge in [0.15, 0.2) is 0 Å². The van der Waals surface area contributed by atoms with Crippen molar-refractivity contribution in [2.24, 2.45) is 0 Å². The van der Waals surface area contributed by atoms with Crippen LogP contribution in [0.5, 0.6) is 0 Å². The highest BCUT2D eigenvalue weighted by Gasteiger charge is 2.29. The highest BCUT2D eigenvalue weighted by Crippen LogP contribution is 2.28. The van der Waals surface area contributed by atoms with Crippen LogP contribution in [0.15, 0.2) is 12.3 Å². The average molecular weight is 311 g/mol. The van der Waals surface area contributed by atoms with Gasteiger partial charge in [0.2, 0.25) is 5.82 Å². The van der Waals surface area contributed by atoms with E-state index >= 15 is 0 Å². The van der Waals surface area contributed by atoms with Crippen molar-refractivity contribution in [3.05, 3.63) is 27.9 Å². The molecule has 0 saturated carbocycles. The molecule has 0 bridgehead atoms. The van der Waals surface area contributed by atoms with Gasteiger partial charge in [-0.1, -0.05) is 0 Å². The van der Waals surface area contributed by atoms with Gasteiger partial charge in [-0.15, -0.1) is 0 Å². The summed E-state index contributed by atoms with van der Waals surface area (Å²) in [7, 11) is 0. The molecule has 1 aromatic heterocycles. The number of carbonyl (C=O) groups excluding carboxylic acids is 1. The molecule has 1 heterocycles. The lowest BCUT2D eigenvalue weighted by molar-refractivity contribution is -0.384. The van der Waals surface area contributed by atoms with Crippen molar-refractivity contribution < 1.29 is 24.4 Å². The van der Waals surface area contributed by atoms with Crippen LogP contribution in [-0.4, -0.2) is 46.1 Å². The van der Waals surface area contributed by atoms with Crippen LogP contribution in [0.4, 0.5) is 11.5 Å². The van der Waals surface area contributed by atoms with Gasteiger partial charge in [0.05, 0.1) is 17.1 Å². The van der Waals surface area contributed by atoms with Gasteiger partial charge in [0, 0.05) is 18.8 Å². The number of pyridine rings is 1. The number of carbonyl (C=O) groups is 2. The standard InChI is InChI=1S/C13H17N3O6/c1-4-15(8(3)13(19)22-5-2)11-10(16(20)21)6-9(7-14-11)12(17)18/h6-8H,4-5H2,1-3H3,(H,17,18)/t8-/m0/s1. The number of esters is 1. The van der Waals surface area contributed by atoms with Crippen molar-refractivity contribution in [1.29, 1.82) is 0 Å². The third-order valence-corrected chi connectivity index (χ3v) is 3.00. The van der Waals surface area contributed by atoms with Crippen LogP contribution in [0.2, 0.25) is 0 Å². The van der Waals surface area contributed by atoms with Gasteiger partial charge >= 0.3 is 17.6 Å². The van der Waals surface area contributed by atoms with Crippen molar-refractivity contribution in [2.45, 2.75) is 26.8 Å². The number of rotatable bonds is 7. The first-order valence-corrected chi connectivity index (χ1v) is 6.64. The van der Waals surface area contributed by atoms with Gasteiger partial charge in [-0.3, -0.25) is 10.1 Å². The summed E-state index contributed by atoms with van der Waals surface area (Å²) < 4.78 is 4.90. The molecular formula is C13H17N3O6. The van der Waals surface area contributed by atoms with E-state index in [1.54, 1.807) is 13.8 Å². The number of ether oxygens (including phenoxy) is 1. The van der Waals surface area contributed by atoms with Gasteiger partial charge in [-0.05, 0) is 20.8 Å². The molecule has 1 N–H and O–H groups in total. The number of nitro groups is 1. The minimum absolute atomic E-state index is 0.0712. The Morgan fingerprint density at radius 1 is 1.50 bits per heavy atom. The summed E-state index contributed by atoms with van der Waals surface area (Å²) in [5.74, 6) is -1.93. The molecule has 0 aliphatic heterocycles. The van der Waals surface area contributed by atoms with Crippen LogP contribution in [0.1, 0.15) is 31.1 Å². The molecule has 22 heavy (non-hydrogen) atoms. The largest absolute Gasteiger partial charge is 0.478 e. The van der Waals surface area contributed by atoms with Crippen LogP contribution < -0.4 is 4.90 Å². The molecule has 0 saturated heterocycles. The number of hydrogen-bond acceptors (Lipinski definition) is 7. The first kappa shape index (κ1) is 17.3. The zero-order valence-corrected chi connectivity index (χ0v) is 12.5. The van der Waals surface area contributed by atoms with E-state index in [9.17, 15) is 19.7 Å². The van der Waals surface area contributed by atoms with Crippen LogP contribution in [0.25, 0.3) is 0 Å². The fraction of sp³-hybridized carbons (Fsp3) is 0.462. The van der Waals surface area contributed by atoms with E-state index in [1.165, 1.54) is 11.8 Å². The zero-order chi connectivity index (χ0) is 16.9. The lowest BCUT2D eigenvalue weighted by Gasteiger charge is -2.27. The van der Waals surface area contributed by atoms with Crippen LogP contribution in [0.3, 0.4) is 0 Å². The molecule has 0 aliphatic carbocycles. The van der Waals surface area contributed by atoms with Crippen molar-refractivity contribution in [3.8, 4) is 0 Å². The maximum Gasteiger partial charge on any atom is 0.337 e. The van der Waals surface area contributed by atoms with E-state index in [-0.39, 0.29) is 24.5 Å². The molecule has 120 valence electrons. The van der Waals surface area contributed by atoms with Gasteiger partial charge in [0.1, 0.15) is 6.04 Å². The minimum atomic E-state index is -1.32. The number of aromatic nitrogens is 1. The van der Waals surface area contributed by atoms with Crippen LogP contribution in [0, 0.1) is 10.1 Å². The average Bonchev–Trinajstić information content (AvgIpc) is 2.47. The van der Waals surface area contributed by atoms with Crippen molar-refractivity contribution in [2.75, 3.05) is 18.1 Å². The van der Waals surface area contributed by atoms with Crippen molar-refractivity contribution in [1.82, 2.24) is 4.98 Å². The molecule has 0 aliphatic rings. The van der Waals surface area contributed by atoms with Crippen molar-refractivity contribution in [3.63, 3.8) is 0 Å². The Hall–Kier alpha value is -2.71. The Bertz CT molecular complexity index is 589. The van der Waals surface area contributed by atoms with E-state index < -0.39 is 28.6 Å². The number of hydrogen-bond donors (Lipinski definition) is 1. The molecule has 0 spiro atoms. The number of anilines is 1. The molecule has 1 atom stereocenters. The second kappa shape index (κ2) is 7.34. The topological polar surface area (TPSA) is 123 Å². The Kier molecular flexibility index (Phi) is 5.79. The summed E-state index contributed by atoms with van der Waals surface area (Å²) in [6.07, 6.45) is 1.02. The first-order valence-electron chi connectivity index (χ1n) is 6.64. The van der Waals surface area contributed by atoms with E-state index in [2.05, 4.69) is 4.98 Å². The normalized spacial score (nSPS) is 11.6. The maximum atomic E-state index is 11.8. The third kappa shape index (κ3) is 3.68. The lowest BCUT2D eigenvalue weighted by Crippen LogP contribution is -2.41. The van der Waals surface area contributed by atoms with Crippen molar-refractivity contribution >= 4 is 23.4 Å². The Labute approximate surface area is 126 Å². The summed E-state index contributed by atoms with van der Waals surface area (Å²) in [5, 5.41) is 20.1. The number of likely N-dealkylation sites (N-methyl/N-ethyl adjacent to an activating group) is 1. The molecule has 0 unspecified atom stereocenters. The predicted octanol–water partition coefficient (Wildman–Crippen LogP) is 1.47. The molecule has 0 aromatic carbocycles. The maximum absolute atomic E-state index is 11.8. The second-order valence-corrected chi connectivity index (χ2v) is 4.34. The molecular weight excluding hydrogens is 294 g/mol. The van der Waals surface area contributed by atoms with E-state index in [4.69, 9.17) is 9.84 Å². The smallest absolute Gasteiger partial charge is 0.337 e. The summed E-state index contributed by atoms with van der Waals surface area (Å²) >= 11 is 0. The Morgan fingerprint density at radius 3 is 2.59 bits per heavy atom. The minimum Gasteiger partial charge on any atom is -0.478 e. The summed E-state index contributed by atoms with van der Waals surface area (Å²) in [4.78, 5) is 38.4. The van der Waals surface area contributed by atoms with Gasteiger partial charge in [-0.2, -0.15) is 0 Å². The van der Waals surface area contributed by atoms with E-state index in [0.717, 1.165) is 12.3 Å². The van der Waals surface area contributed by atoms with Gasteiger partial charge in [-0.25, -0.2) is 14.6 Å². The van der Waals surface area contributed by atoms with E-state index in [1.807, 2.05) is 0 Å². The Balaban J connectivity index is 3.29.